The number of benzene rings is 2. The van der Waals surface area contributed by atoms with E-state index in [4.69, 9.17) is 4.98 Å². The summed E-state index contributed by atoms with van der Waals surface area (Å²) >= 11 is 6.36. The molecular formula is C25H21BrN2O2S2. The Kier molecular flexibility index (Phi) is 6.05. The van der Waals surface area contributed by atoms with Gasteiger partial charge in [-0.1, -0.05) is 64.9 Å². The van der Waals surface area contributed by atoms with Gasteiger partial charge in [-0.15, -0.1) is 11.3 Å². The number of Topliss-reactive ketones (excluding diaryl/α,β-unsaturated/α-hetero) is 1. The maximum atomic E-state index is 13.8. The number of ketones is 1. The van der Waals surface area contributed by atoms with Gasteiger partial charge in [-0.05, 0) is 55.0 Å². The Hall–Kier alpha value is -2.22. The molecule has 1 aliphatic carbocycles. The quantitative estimate of drug-likeness (QED) is 0.174. The van der Waals surface area contributed by atoms with Gasteiger partial charge in [0.25, 0.3) is 5.56 Å². The molecule has 0 N–H and O–H groups in total. The van der Waals surface area contributed by atoms with Gasteiger partial charge in [0, 0.05) is 14.9 Å². The van der Waals surface area contributed by atoms with E-state index in [-0.39, 0.29) is 17.1 Å². The third-order valence-corrected chi connectivity index (χ3v) is 8.46. The van der Waals surface area contributed by atoms with Crippen LogP contribution in [0.4, 0.5) is 0 Å². The second kappa shape index (κ2) is 8.96. The summed E-state index contributed by atoms with van der Waals surface area (Å²) < 4.78 is 2.61. The number of para-hydroxylation sites is 1. The SMILES string of the molecule is C[C@@H]1CCc2sc3nc(SCC(=O)c4ccc(Br)cc4)n(-c4ccccc4)c(=O)c3c2C1. The minimum Gasteiger partial charge on any atom is -0.293 e. The van der Waals surface area contributed by atoms with Crippen LogP contribution in [0.5, 0.6) is 0 Å². The summed E-state index contributed by atoms with van der Waals surface area (Å²) in [7, 11) is 0. The third-order valence-electron chi connectivity index (χ3n) is 5.81. The van der Waals surface area contributed by atoms with Crippen molar-refractivity contribution >= 4 is 55.0 Å². The Morgan fingerprint density at radius 2 is 1.94 bits per heavy atom. The lowest BCUT2D eigenvalue weighted by Crippen LogP contribution is -2.23. The molecule has 32 heavy (non-hydrogen) atoms. The lowest BCUT2D eigenvalue weighted by Gasteiger charge is -2.18. The van der Waals surface area contributed by atoms with Gasteiger partial charge >= 0.3 is 0 Å². The molecule has 1 aliphatic rings. The number of thiophene rings is 1. The fourth-order valence-electron chi connectivity index (χ4n) is 4.13. The smallest absolute Gasteiger partial charge is 0.267 e. The average Bonchev–Trinajstić information content (AvgIpc) is 3.16. The van der Waals surface area contributed by atoms with Gasteiger partial charge in [-0.3, -0.25) is 14.2 Å². The molecular weight excluding hydrogens is 504 g/mol. The Bertz CT molecular complexity index is 1360. The van der Waals surface area contributed by atoms with Crippen molar-refractivity contribution in [3.8, 4) is 5.69 Å². The molecule has 2 aromatic heterocycles. The van der Waals surface area contributed by atoms with Crippen molar-refractivity contribution in [3.63, 3.8) is 0 Å². The van der Waals surface area contributed by atoms with Crippen molar-refractivity contribution in [1.82, 2.24) is 9.55 Å². The largest absolute Gasteiger partial charge is 0.293 e. The summed E-state index contributed by atoms with van der Waals surface area (Å²) in [6.07, 6.45) is 3.08. The lowest BCUT2D eigenvalue weighted by atomic mass is 9.89. The number of aryl methyl sites for hydroxylation is 1. The van der Waals surface area contributed by atoms with Gasteiger partial charge in [-0.2, -0.15) is 0 Å². The number of carbonyl (C=O) groups is 1. The van der Waals surface area contributed by atoms with Crippen molar-refractivity contribution in [2.45, 2.75) is 31.3 Å². The molecule has 0 bridgehead atoms. The van der Waals surface area contributed by atoms with Gasteiger partial charge in [0.15, 0.2) is 10.9 Å². The summed E-state index contributed by atoms with van der Waals surface area (Å²) in [5.41, 5.74) is 2.56. The van der Waals surface area contributed by atoms with E-state index < -0.39 is 0 Å². The normalized spacial score (nSPS) is 15.6. The molecule has 0 amide bonds. The van der Waals surface area contributed by atoms with Gasteiger partial charge < -0.3 is 0 Å². The van der Waals surface area contributed by atoms with Crippen LogP contribution < -0.4 is 5.56 Å². The fourth-order valence-corrected chi connectivity index (χ4v) is 6.56. The van der Waals surface area contributed by atoms with Gasteiger partial charge in [-0.25, -0.2) is 4.98 Å². The molecule has 7 heteroatoms. The van der Waals surface area contributed by atoms with E-state index in [1.54, 1.807) is 15.9 Å². The number of aromatic nitrogens is 2. The van der Waals surface area contributed by atoms with Crippen molar-refractivity contribution in [3.05, 3.63) is 85.4 Å². The number of nitrogens with zero attached hydrogens (tertiary/aromatic N) is 2. The zero-order valence-corrected chi connectivity index (χ0v) is 20.7. The second-order valence-electron chi connectivity index (χ2n) is 8.12. The van der Waals surface area contributed by atoms with Crippen LogP contribution in [0.3, 0.4) is 0 Å². The zero-order valence-electron chi connectivity index (χ0n) is 17.5. The molecule has 0 spiro atoms. The topological polar surface area (TPSA) is 52.0 Å². The molecule has 2 heterocycles. The Morgan fingerprint density at radius 1 is 1.19 bits per heavy atom. The van der Waals surface area contributed by atoms with E-state index in [0.29, 0.717) is 16.6 Å². The van der Waals surface area contributed by atoms with E-state index >= 15 is 0 Å². The van der Waals surface area contributed by atoms with E-state index in [9.17, 15) is 9.59 Å². The van der Waals surface area contributed by atoms with E-state index in [1.807, 2.05) is 54.6 Å². The molecule has 0 radical (unpaired) electrons. The van der Waals surface area contributed by atoms with E-state index in [1.165, 1.54) is 22.2 Å². The molecule has 0 saturated carbocycles. The van der Waals surface area contributed by atoms with Gasteiger partial charge in [0.2, 0.25) is 0 Å². The maximum absolute atomic E-state index is 13.8. The van der Waals surface area contributed by atoms with Crippen LogP contribution in [-0.2, 0) is 12.8 Å². The summed E-state index contributed by atoms with van der Waals surface area (Å²) in [6, 6.07) is 16.9. The minimum absolute atomic E-state index is 0.00996. The highest BCUT2D eigenvalue weighted by atomic mass is 79.9. The van der Waals surface area contributed by atoms with Crippen LogP contribution >= 0.6 is 39.0 Å². The molecule has 0 unspecified atom stereocenters. The Balaban J connectivity index is 1.59. The highest BCUT2D eigenvalue weighted by Gasteiger charge is 2.25. The number of halogens is 1. The van der Waals surface area contributed by atoms with Crippen LogP contribution in [0.15, 0.2) is 69.0 Å². The van der Waals surface area contributed by atoms with Crippen LogP contribution in [0.2, 0.25) is 0 Å². The predicted molar refractivity (Wildman–Crippen MR) is 136 cm³/mol. The molecule has 0 fully saturated rings. The van der Waals surface area contributed by atoms with Crippen molar-refractivity contribution in [2.24, 2.45) is 5.92 Å². The number of fused-ring (bicyclic) bond motifs is 3. The van der Waals surface area contributed by atoms with Crippen LogP contribution in [0.1, 0.15) is 34.1 Å². The van der Waals surface area contributed by atoms with Gasteiger partial charge in [0.1, 0.15) is 4.83 Å². The highest BCUT2D eigenvalue weighted by molar-refractivity contribution is 9.10. The van der Waals surface area contributed by atoms with E-state index in [0.717, 1.165) is 39.6 Å². The fraction of sp³-hybridized carbons (Fsp3) is 0.240. The van der Waals surface area contributed by atoms with Crippen LogP contribution in [0, 0.1) is 5.92 Å². The molecule has 4 aromatic rings. The first-order valence-electron chi connectivity index (χ1n) is 10.6. The standard InChI is InChI=1S/C25H21BrN2O2S2/c1-15-7-12-21-19(13-15)22-23(32-21)27-25(28(24(22)30)18-5-3-2-4-6-18)31-14-20(29)16-8-10-17(26)11-9-16/h2-6,8-11,15H,7,12-14H2,1H3/t15-/m1/s1. The summed E-state index contributed by atoms with van der Waals surface area (Å²) in [6.45, 7) is 2.24. The van der Waals surface area contributed by atoms with Crippen molar-refractivity contribution in [2.75, 3.05) is 5.75 Å². The Morgan fingerprint density at radius 3 is 2.69 bits per heavy atom. The highest BCUT2D eigenvalue weighted by Crippen LogP contribution is 2.37. The number of hydrogen-bond donors (Lipinski definition) is 0. The Labute approximate surface area is 202 Å². The minimum atomic E-state index is -0.0357. The first-order chi connectivity index (χ1) is 15.5. The molecule has 5 rings (SSSR count). The molecule has 0 aliphatic heterocycles. The maximum Gasteiger partial charge on any atom is 0.267 e. The average molecular weight is 525 g/mol. The summed E-state index contributed by atoms with van der Waals surface area (Å²) in [5.74, 6) is 0.798. The summed E-state index contributed by atoms with van der Waals surface area (Å²) in [4.78, 5) is 33.5. The van der Waals surface area contributed by atoms with E-state index in [2.05, 4.69) is 22.9 Å². The first-order valence-corrected chi connectivity index (χ1v) is 13.1. The van der Waals surface area contributed by atoms with Gasteiger partial charge in [0.05, 0.1) is 16.8 Å². The monoisotopic (exact) mass is 524 g/mol. The molecule has 0 saturated heterocycles. The first kappa shape index (κ1) is 21.6. The number of rotatable bonds is 5. The molecule has 1 atom stereocenters. The zero-order chi connectivity index (χ0) is 22.2. The number of carbonyl (C=O) groups excluding carboxylic acids is 1. The molecule has 162 valence electrons. The number of hydrogen-bond acceptors (Lipinski definition) is 5. The molecule has 4 nitrogen and oxygen atoms in total. The van der Waals surface area contributed by atoms with Crippen LogP contribution in [-0.4, -0.2) is 21.1 Å². The predicted octanol–water partition coefficient (Wildman–Crippen LogP) is 6.31. The third kappa shape index (κ3) is 4.09. The molecule has 2 aromatic carbocycles. The lowest BCUT2D eigenvalue weighted by molar-refractivity contribution is 0.102. The van der Waals surface area contributed by atoms with Crippen LogP contribution in [0.25, 0.3) is 15.9 Å². The van der Waals surface area contributed by atoms with Crippen molar-refractivity contribution in [1.29, 1.82) is 0 Å². The second-order valence-corrected chi connectivity index (χ2v) is 11.1. The van der Waals surface area contributed by atoms with Crippen molar-refractivity contribution < 1.29 is 4.79 Å². The number of thioether (sulfide) groups is 1. The summed E-state index contributed by atoms with van der Waals surface area (Å²) in [5, 5.41) is 1.31.